The number of rotatable bonds is 10. The van der Waals surface area contributed by atoms with Gasteiger partial charge in [-0.05, 0) is 30.6 Å². The molecule has 1 atom stereocenters. The highest BCUT2D eigenvalue weighted by Gasteiger charge is 2.35. The zero-order chi connectivity index (χ0) is 18.9. The Morgan fingerprint density at radius 3 is 2.32 bits per heavy atom. The highest BCUT2D eigenvalue weighted by Crippen LogP contribution is 2.38. The summed E-state index contributed by atoms with van der Waals surface area (Å²) in [4.78, 5) is 35.6. The van der Waals surface area contributed by atoms with Crippen LogP contribution in [0.15, 0.2) is 0 Å². The smallest absolute Gasteiger partial charge is 0.407 e. The zero-order valence-electron chi connectivity index (χ0n) is 15.8. The van der Waals surface area contributed by atoms with Crippen molar-refractivity contribution in [1.29, 1.82) is 0 Å². The molecule has 0 aliphatic heterocycles. The molecular formula is C19H33NO5. The first kappa shape index (κ1) is 21.5. The van der Waals surface area contributed by atoms with Crippen LogP contribution in [-0.4, -0.2) is 35.6 Å². The number of unbranched alkanes of at least 4 members (excludes halogenated alkanes) is 1. The van der Waals surface area contributed by atoms with E-state index in [4.69, 9.17) is 4.74 Å². The number of alkyl carbamates (subject to hydrolysis) is 1. The van der Waals surface area contributed by atoms with Crippen molar-refractivity contribution in [3.8, 4) is 0 Å². The van der Waals surface area contributed by atoms with Crippen LogP contribution in [0.3, 0.4) is 0 Å². The van der Waals surface area contributed by atoms with Gasteiger partial charge < -0.3 is 15.2 Å². The Labute approximate surface area is 150 Å². The van der Waals surface area contributed by atoms with Crippen molar-refractivity contribution in [1.82, 2.24) is 5.32 Å². The highest BCUT2D eigenvalue weighted by atomic mass is 16.6. The maximum absolute atomic E-state index is 12.2. The molecule has 0 saturated heterocycles. The fourth-order valence-corrected chi connectivity index (χ4v) is 3.52. The third kappa shape index (κ3) is 7.45. The lowest BCUT2D eigenvalue weighted by Crippen LogP contribution is -2.43. The monoisotopic (exact) mass is 355 g/mol. The average molecular weight is 355 g/mol. The van der Waals surface area contributed by atoms with E-state index in [1.54, 1.807) is 0 Å². The number of ether oxygens (including phenoxy) is 1. The molecule has 1 aliphatic rings. The summed E-state index contributed by atoms with van der Waals surface area (Å²) < 4.78 is 5.36. The molecule has 1 aliphatic carbocycles. The molecule has 0 spiro atoms. The van der Waals surface area contributed by atoms with Gasteiger partial charge in [0.1, 0.15) is 0 Å². The van der Waals surface area contributed by atoms with Crippen molar-refractivity contribution in [2.75, 3.05) is 6.54 Å². The van der Waals surface area contributed by atoms with Crippen LogP contribution in [0, 0.1) is 11.3 Å². The van der Waals surface area contributed by atoms with Gasteiger partial charge in [0, 0.05) is 13.0 Å². The van der Waals surface area contributed by atoms with E-state index < -0.39 is 23.6 Å². The van der Waals surface area contributed by atoms with Crippen molar-refractivity contribution in [2.24, 2.45) is 11.3 Å². The first-order valence-electron chi connectivity index (χ1n) is 9.48. The van der Waals surface area contributed by atoms with Gasteiger partial charge in [0.05, 0.1) is 6.42 Å². The maximum Gasteiger partial charge on any atom is 0.407 e. The summed E-state index contributed by atoms with van der Waals surface area (Å²) >= 11 is 0. The summed E-state index contributed by atoms with van der Waals surface area (Å²) in [5.74, 6) is -0.977. The lowest BCUT2D eigenvalue weighted by Gasteiger charge is -2.36. The van der Waals surface area contributed by atoms with E-state index in [2.05, 4.69) is 5.32 Å². The van der Waals surface area contributed by atoms with Gasteiger partial charge in [-0.25, -0.2) is 4.79 Å². The Morgan fingerprint density at radius 1 is 1.16 bits per heavy atom. The second-order valence-corrected chi connectivity index (χ2v) is 7.62. The van der Waals surface area contributed by atoms with E-state index in [9.17, 15) is 19.5 Å². The predicted molar refractivity (Wildman–Crippen MR) is 95.4 cm³/mol. The van der Waals surface area contributed by atoms with Gasteiger partial charge in [0.2, 0.25) is 0 Å². The topological polar surface area (TPSA) is 92.7 Å². The van der Waals surface area contributed by atoms with Gasteiger partial charge in [-0.2, -0.15) is 0 Å². The largest absolute Gasteiger partial charge is 0.481 e. The van der Waals surface area contributed by atoms with Crippen LogP contribution < -0.4 is 5.32 Å². The second-order valence-electron chi connectivity index (χ2n) is 7.62. The number of hydrogen-bond donors (Lipinski definition) is 2. The second kappa shape index (κ2) is 10.4. The Balaban J connectivity index is 2.60. The van der Waals surface area contributed by atoms with Crippen LogP contribution in [0.2, 0.25) is 0 Å². The molecule has 0 aromatic rings. The maximum atomic E-state index is 12.2. The Hall–Kier alpha value is -1.59. The summed E-state index contributed by atoms with van der Waals surface area (Å²) in [6.07, 6.45) is 5.45. The fourth-order valence-electron chi connectivity index (χ4n) is 3.52. The molecule has 0 aromatic carbocycles. The van der Waals surface area contributed by atoms with Gasteiger partial charge in [-0.3, -0.25) is 9.59 Å². The van der Waals surface area contributed by atoms with Gasteiger partial charge in [-0.15, -0.1) is 0 Å². The SMILES string of the molecule is CCCCC(=O)[C@H](OC(=O)NCC1(CC(=O)O)CCCCC1)C(C)C. The molecule has 1 amide bonds. The van der Waals surface area contributed by atoms with Gasteiger partial charge in [-0.1, -0.05) is 46.5 Å². The first-order chi connectivity index (χ1) is 11.8. The first-order valence-corrected chi connectivity index (χ1v) is 9.48. The molecular weight excluding hydrogens is 322 g/mol. The van der Waals surface area contributed by atoms with E-state index in [1.807, 2.05) is 20.8 Å². The van der Waals surface area contributed by atoms with E-state index in [0.717, 1.165) is 44.9 Å². The number of carboxylic acids is 1. The summed E-state index contributed by atoms with van der Waals surface area (Å²) in [5.41, 5.74) is -0.400. The molecule has 2 N–H and O–H groups in total. The van der Waals surface area contributed by atoms with Crippen molar-refractivity contribution < 1.29 is 24.2 Å². The van der Waals surface area contributed by atoms with E-state index in [0.29, 0.717) is 6.42 Å². The van der Waals surface area contributed by atoms with Gasteiger partial charge in [0.25, 0.3) is 0 Å². The van der Waals surface area contributed by atoms with Crippen LogP contribution in [0.5, 0.6) is 0 Å². The molecule has 0 radical (unpaired) electrons. The van der Waals surface area contributed by atoms with Crippen LogP contribution in [0.25, 0.3) is 0 Å². The molecule has 144 valence electrons. The zero-order valence-corrected chi connectivity index (χ0v) is 15.8. The van der Waals surface area contributed by atoms with Gasteiger partial charge >= 0.3 is 12.1 Å². The van der Waals surface area contributed by atoms with Crippen molar-refractivity contribution in [3.63, 3.8) is 0 Å². The molecule has 1 rings (SSSR count). The Morgan fingerprint density at radius 2 is 1.80 bits per heavy atom. The Bertz CT molecular complexity index is 455. The van der Waals surface area contributed by atoms with E-state index in [-0.39, 0.29) is 24.7 Å². The van der Waals surface area contributed by atoms with Crippen molar-refractivity contribution in [2.45, 2.75) is 84.7 Å². The number of nitrogens with one attached hydrogen (secondary N) is 1. The summed E-state index contributed by atoms with van der Waals surface area (Å²) in [5, 5.41) is 11.9. The minimum atomic E-state index is -0.841. The van der Waals surface area contributed by atoms with Crippen molar-refractivity contribution in [3.05, 3.63) is 0 Å². The van der Waals surface area contributed by atoms with Crippen LogP contribution >= 0.6 is 0 Å². The standard InChI is InChI=1S/C19H33NO5/c1-4-5-9-15(21)17(14(2)3)25-18(24)20-13-19(12-16(22)23)10-7-6-8-11-19/h14,17H,4-13H2,1-3H3,(H,20,24)(H,22,23)/t17-/m1/s1. The van der Waals surface area contributed by atoms with E-state index in [1.165, 1.54) is 0 Å². The molecule has 0 unspecified atom stereocenters. The molecule has 0 bridgehead atoms. The predicted octanol–water partition coefficient (Wildman–Crippen LogP) is 3.92. The molecule has 6 nitrogen and oxygen atoms in total. The number of carbonyl (C=O) groups is 3. The summed E-state index contributed by atoms with van der Waals surface area (Å²) in [7, 11) is 0. The van der Waals surface area contributed by atoms with Crippen molar-refractivity contribution >= 4 is 17.8 Å². The number of carboxylic acid groups (broad SMARTS) is 1. The third-order valence-electron chi connectivity index (χ3n) is 4.98. The molecule has 25 heavy (non-hydrogen) atoms. The lowest BCUT2D eigenvalue weighted by atomic mass is 9.72. The number of carbonyl (C=O) groups excluding carboxylic acids is 2. The van der Waals surface area contributed by atoms with E-state index >= 15 is 0 Å². The molecule has 0 heterocycles. The lowest BCUT2D eigenvalue weighted by molar-refractivity contribution is -0.140. The van der Waals surface area contributed by atoms with Crippen LogP contribution in [-0.2, 0) is 14.3 Å². The third-order valence-corrected chi connectivity index (χ3v) is 4.98. The number of Topliss-reactive ketones (excluding diaryl/α,β-unsaturated/α-hetero) is 1. The average Bonchev–Trinajstić information content (AvgIpc) is 2.55. The highest BCUT2D eigenvalue weighted by molar-refractivity contribution is 5.85. The number of amides is 1. The number of ketones is 1. The van der Waals surface area contributed by atoms with Crippen LogP contribution in [0.4, 0.5) is 4.79 Å². The van der Waals surface area contributed by atoms with Gasteiger partial charge in [0.15, 0.2) is 11.9 Å². The number of hydrogen-bond acceptors (Lipinski definition) is 4. The minimum Gasteiger partial charge on any atom is -0.481 e. The summed E-state index contributed by atoms with van der Waals surface area (Å²) in [6, 6.07) is 0. The Kier molecular flexibility index (Phi) is 8.93. The number of aliphatic carboxylic acids is 1. The molecule has 1 saturated carbocycles. The fraction of sp³-hybridized carbons (Fsp3) is 0.842. The quantitative estimate of drug-likeness (QED) is 0.619. The van der Waals surface area contributed by atoms with Crippen LogP contribution in [0.1, 0.15) is 78.6 Å². The minimum absolute atomic E-state index is 0.0510. The normalized spacial score (nSPS) is 17.8. The molecule has 1 fully saturated rings. The summed E-state index contributed by atoms with van der Waals surface area (Å²) in [6.45, 7) is 6.01. The molecule has 6 heteroatoms. The molecule has 0 aromatic heterocycles.